The van der Waals surface area contributed by atoms with Crippen molar-refractivity contribution in [3.05, 3.63) is 53.6 Å². The van der Waals surface area contributed by atoms with E-state index in [-0.39, 0.29) is 29.6 Å². The van der Waals surface area contributed by atoms with Crippen molar-refractivity contribution in [3.63, 3.8) is 0 Å². The summed E-state index contributed by atoms with van der Waals surface area (Å²) in [7, 11) is 3.05. The van der Waals surface area contributed by atoms with Gasteiger partial charge < -0.3 is 23.8 Å². The van der Waals surface area contributed by atoms with Gasteiger partial charge in [0.1, 0.15) is 5.56 Å². The highest BCUT2D eigenvalue weighted by molar-refractivity contribution is 5.96. The molecule has 2 saturated heterocycles. The first-order chi connectivity index (χ1) is 15.6. The predicted molar refractivity (Wildman–Crippen MR) is 120 cm³/mol. The molecular weight excluding hydrogens is 408 g/mol. The van der Waals surface area contributed by atoms with Gasteiger partial charge in [-0.15, -0.1) is 0 Å². The molecule has 1 aromatic heterocycles. The van der Waals surface area contributed by atoms with E-state index in [0.29, 0.717) is 31.1 Å². The summed E-state index contributed by atoms with van der Waals surface area (Å²) in [6, 6.07) is 13.8. The molecule has 2 atom stereocenters. The molecule has 0 bridgehead atoms. The smallest absolute Gasteiger partial charge is 0.259 e. The SMILES string of the molecule is CCO[C@H]1C[C@@H](c2ccccc2)OC2(CCN(C(=O)c3ccc(OC)nc3OC)CC2)C1. The van der Waals surface area contributed by atoms with Crippen LogP contribution in [0, 0.1) is 0 Å². The van der Waals surface area contributed by atoms with Crippen molar-refractivity contribution < 1.29 is 23.7 Å². The molecule has 2 fully saturated rings. The number of rotatable bonds is 6. The van der Waals surface area contributed by atoms with Gasteiger partial charge in [-0.1, -0.05) is 30.3 Å². The number of amides is 1. The molecule has 7 nitrogen and oxygen atoms in total. The molecule has 2 aliphatic rings. The zero-order valence-electron chi connectivity index (χ0n) is 19.1. The molecule has 0 unspecified atom stereocenters. The lowest BCUT2D eigenvalue weighted by atomic mass is 9.80. The number of carbonyl (C=O) groups is 1. The Bertz CT molecular complexity index is 912. The molecule has 3 heterocycles. The van der Waals surface area contributed by atoms with E-state index in [1.54, 1.807) is 12.1 Å². The standard InChI is InChI=1S/C25H32N2O5/c1-4-31-19-16-21(18-8-6-5-7-9-18)32-25(17-19)12-14-27(15-13-25)24(28)20-10-11-22(29-2)26-23(20)30-3/h5-11,19,21H,4,12-17H2,1-3H3/t19-,21-/m0/s1. The fourth-order valence-electron chi connectivity index (χ4n) is 4.83. The number of benzene rings is 1. The Morgan fingerprint density at radius 2 is 1.88 bits per heavy atom. The number of hydrogen-bond donors (Lipinski definition) is 0. The first-order valence-electron chi connectivity index (χ1n) is 11.3. The van der Waals surface area contributed by atoms with Crippen molar-refractivity contribution in [1.29, 1.82) is 0 Å². The number of methoxy groups -OCH3 is 2. The Hall–Kier alpha value is -2.64. The molecule has 2 aromatic rings. The summed E-state index contributed by atoms with van der Waals surface area (Å²) in [6.07, 6.45) is 3.44. The average molecular weight is 441 g/mol. The molecule has 0 aliphatic carbocycles. The third-order valence-corrected chi connectivity index (χ3v) is 6.47. The van der Waals surface area contributed by atoms with Gasteiger partial charge in [0.05, 0.1) is 32.0 Å². The van der Waals surface area contributed by atoms with E-state index in [9.17, 15) is 4.79 Å². The highest BCUT2D eigenvalue weighted by Crippen LogP contribution is 2.44. The van der Waals surface area contributed by atoms with E-state index >= 15 is 0 Å². The summed E-state index contributed by atoms with van der Waals surface area (Å²) in [5.41, 5.74) is 1.35. The van der Waals surface area contributed by atoms with Gasteiger partial charge in [0.25, 0.3) is 5.91 Å². The van der Waals surface area contributed by atoms with Crippen molar-refractivity contribution in [1.82, 2.24) is 9.88 Å². The Labute approximate surface area is 189 Å². The third-order valence-electron chi connectivity index (χ3n) is 6.47. The lowest BCUT2D eigenvalue weighted by Crippen LogP contribution is -2.52. The van der Waals surface area contributed by atoms with Gasteiger partial charge >= 0.3 is 0 Å². The number of pyridine rings is 1. The summed E-state index contributed by atoms with van der Waals surface area (Å²) in [5, 5.41) is 0. The second kappa shape index (κ2) is 9.88. The number of nitrogens with zero attached hydrogens (tertiary/aromatic N) is 2. The zero-order valence-corrected chi connectivity index (χ0v) is 19.1. The van der Waals surface area contributed by atoms with Crippen LogP contribution in [-0.2, 0) is 9.47 Å². The normalized spacial score (nSPS) is 22.5. The first-order valence-corrected chi connectivity index (χ1v) is 11.3. The second-order valence-electron chi connectivity index (χ2n) is 8.42. The van der Waals surface area contributed by atoms with Gasteiger partial charge in [0.2, 0.25) is 11.8 Å². The van der Waals surface area contributed by atoms with Crippen LogP contribution >= 0.6 is 0 Å². The van der Waals surface area contributed by atoms with E-state index < -0.39 is 0 Å². The lowest BCUT2D eigenvalue weighted by Gasteiger charge is -2.48. The number of ether oxygens (including phenoxy) is 4. The van der Waals surface area contributed by atoms with E-state index in [1.807, 2.05) is 30.0 Å². The summed E-state index contributed by atoms with van der Waals surface area (Å²) in [4.78, 5) is 19.3. The quantitative estimate of drug-likeness (QED) is 0.676. The van der Waals surface area contributed by atoms with Crippen LogP contribution in [-0.4, -0.2) is 61.4 Å². The van der Waals surface area contributed by atoms with Crippen LogP contribution in [0.1, 0.15) is 54.6 Å². The van der Waals surface area contributed by atoms with Crippen molar-refractivity contribution in [2.45, 2.75) is 50.4 Å². The van der Waals surface area contributed by atoms with Crippen LogP contribution in [0.4, 0.5) is 0 Å². The Balaban J connectivity index is 1.48. The van der Waals surface area contributed by atoms with Gasteiger partial charge in [-0.25, -0.2) is 0 Å². The summed E-state index contributed by atoms with van der Waals surface area (Å²) in [5.74, 6) is 0.619. The van der Waals surface area contributed by atoms with E-state index in [0.717, 1.165) is 25.7 Å². The highest BCUT2D eigenvalue weighted by atomic mass is 16.5. The van der Waals surface area contributed by atoms with Gasteiger partial charge in [-0.2, -0.15) is 4.98 Å². The molecule has 172 valence electrons. The predicted octanol–water partition coefficient (Wildman–Crippen LogP) is 4.03. The van der Waals surface area contributed by atoms with Crippen molar-refractivity contribution in [2.24, 2.45) is 0 Å². The average Bonchev–Trinajstić information content (AvgIpc) is 2.84. The molecule has 1 amide bonds. The van der Waals surface area contributed by atoms with Crippen LogP contribution in [0.2, 0.25) is 0 Å². The topological polar surface area (TPSA) is 70.1 Å². The molecule has 0 radical (unpaired) electrons. The minimum atomic E-state index is -0.280. The highest BCUT2D eigenvalue weighted by Gasteiger charge is 2.45. The van der Waals surface area contributed by atoms with Crippen LogP contribution < -0.4 is 9.47 Å². The monoisotopic (exact) mass is 440 g/mol. The first kappa shape index (κ1) is 22.6. The van der Waals surface area contributed by atoms with Crippen LogP contribution in [0.5, 0.6) is 11.8 Å². The molecule has 0 saturated carbocycles. The number of aromatic nitrogens is 1. The second-order valence-corrected chi connectivity index (χ2v) is 8.42. The Kier molecular flexibility index (Phi) is 6.96. The maximum absolute atomic E-state index is 13.2. The third kappa shape index (κ3) is 4.74. The fourth-order valence-corrected chi connectivity index (χ4v) is 4.83. The molecule has 32 heavy (non-hydrogen) atoms. The molecule has 4 rings (SSSR count). The molecule has 7 heteroatoms. The van der Waals surface area contributed by atoms with Crippen molar-refractivity contribution >= 4 is 5.91 Å². The Morgan fingerprint density at radius 1 is 1.12 bits per heavy atom. The molecule has 1 spiro atoms. The number of likely N-dealkylation sites (tertiary alicyclic amines) is 1. The maximum Gasteiger partial charge on any atom is 0.259 e. The summed E-state index contributed by atoms with van der Waals surface area (Å²) in [6.45, 7) is 3.97. The largest absolute Gasteiger partial charge is 0.481 e. The Morgan fingerprint density at radius 3 is 2.53 bits per heavy atom. The van der Waals surface area contributed by atoms with Crippen LogP contribution in [0.25, 0.3) is 0 Å². The minimum Gasteiger partial charge on any atom is -0.481 e. The maximum atomic E-state index is 13.2. The molecule has 1 aromatic carbocycles. The number of piperidine rings is 1. The van der Waals surface area contributed by atoms with Gasteiger partial charge in [0.15, 0.2) is 0 Å². The molecule has 0 N–H and O–H groups in total. The summed E-state index contributed by atoms with van der Waals surface area (Å²) >= 11 is 0. The summed E-state index contributed by atoms with van der Waals surface area (Å²) < 4.78 is 23.3. The van der Waals surface area contributed by atoms with Crippen molar-refractivity contribution in [3.8, 4) is 11.8 Å². The van der Waals surface area contributed by atoms with Crippen molar-refractivity contribution in [2.75, 3.05) is 33.9 Å². The van der Waals surface area contributed by atoms with E-state index in [2.05, 4.69) is 17.1 Å². The van der Waals surface area contributed by atoms with Gasteiger partial charge in [0, 0.05) is 38.6 Å². The van der Waals surface area contributed by atoms with Gasteiger partial charge in [-0.3, -0.25) is 4.79 Å². The zero-order chi connectivity index (χ0) is 22.6. The van der Waals surface area contributed by atoms with Crippen LogP contribution in [0.3, 0.4) is 0 Å². The number of hydrogen-bond acceptors (Lipinski definition) is 6. The lowest BCUT2D eigenvalue weighted by molar-refractivity contribution is -0.190. The molecule has 2 aliphatic heterocycles. The number of carbonyl (C=O) groups excluding carboxylic acids is 1. The fraction of sp³-hybridized carbons (Fsp3) is 0.520. The minimum absolute atomic E-state index is 0.00892. The van der Waals surface area contributed by atoms with E-state index in [4.69, 9.17) is 18.9 Å². The molecular formula is C25H32N2O5. The van der Waals surface area contributed by atoms with E-state index in [1.165, 1.54) is 19.8 Å². The van der Waals surface area contributed by atoms with Crippen LogP contribution in [0.15, 0.2) is 42.5 Å². The van der Waals surface area contributed by atoms with Gasteiger partial charge in [-0.05, 0) is 31.4 Å².